The summed E-state index contributed by atoms with van der Waals surface area (Å²) in [6, 6.07) is 8.06. The Morgan fingerprint density at radius 1 is 1.27 bits per heavy atom. The number of hydrogen-bond donors (Lipinski definition) is 1. The first kappa shape index (κ1) is 22.7. The minimum absolute atomic E-state index is 0.0784. The number of rotatable bonds is 6. The van der Waals surface area contributed by atoms with Gasteiger partial charge in [0.25, 0.3) is 5.69 Å². The number of thioether (sulfide) groups is 1. The van der Waals surface area contributed by atoms with Gasteiger partial charge in [-0.2, -0.15) is 13.2 Å². The van der Waals surface area contributed by atoms with E-state index in [0.29, 0.717) is 11.3 Å². The molecule has 0 bridgehead atoms. The number of nitrogens with zero attached hydrogens (tertiary/aromatic N) is 5. The predicted molar refractivity (Wildman–Crippen MR) is 116 cm³/mol. The van der Waals surface area contributed by atoms with E-state index >= 15 is 0 Å². The maximum atomic E-state index is 13.0. The number of nitro groups is 1. The standard InChI is InChI=1S/C19H13F3N6O3S2/c1-10(33-18-26-25-15-6-5-12(8-27(15)18)19(20,21)22)16(29)24-17-23-14(9-32-17)11-3-2-4-13(7-11)28(30)31/h2-10H,1H3,(H,23,24,29). The largest absolute Gasteiger partial charge is 0.417 e. The fourth-order valence-corrected chi connectivity index (χ4v) is 4.33. The molecule has 1 atom stereocenters. The zero-order chi connectivity index (χ0) is 23.8. The molecule has 0 fully saturated rings. The quantitative estimate of drug-likeness (QED) is 0.230. The van der Waals surface area contributed by atoms with Gasteiger partial charge in [0.15, 0.2) is 15.9 Å². The van der Waals surface area contributed by atoms with Crippen LogP contribution in [0.3, 0.4) is 0 Å². The summed E-state index contributed by atoms with van der Waals surface area (Å²) < 4.78 is 40.2. The number of aromatic nitrogens is 4. The maximum Gasteiger partial charge on any atom is 0.417 e. The molecule has 1 N–H and O–H groups in total. The number of carbonyl (C=O) groups is 1. The first-order chi connectivity index (χ1) is 15.6. The van der Waals surface area contributed by atoms with Crippen molar-refractivity contribution in [3.05, 3.63) is 63.7 Å². The number of fused-ring (bicyclic) bond motifs is 1. The molecule has 14 heteroatoms. The van der Waals surface area contributed by atoms with Crippen molar-refractivity contribution in [1.29, 1.82) is 0 Å². The van der Waals surface area contributed by atoms with Crippen molar-refractivity contribution in [2.45, 2.75) is 23.5 Å². The molecule has 3 aromatic heterocycles. The number of pyridine rings is 1. The number of hydrogen-bond acceptors (Lipinski definition) is 8. The molecule has 3 heterocycles. The highest BCUT2D eigenvalue weighted by molar-refractivity contribution is 8.00. The highest BCUT2D eigenvalue weighted by Gasteiger charge is 2.31. The first-order valence-corrected chi connectivity index (χ1v) is 11.0. The number of halogens is 3. The van der Waals surface area contributed by atoms with Crippen LogP contribution in [0, 0.1) is 10.1 Å². The highest BCUT2D eigenvalue weighted by Crippen LogP contribution is 2.31. The lowest BCUT2D eigenvalue weighted by molar-refractivity contribution is -0.384. The Bertz CT molecular complexity index is 1350. The average Bonchev–Trinajstić information content (AvgIpc) is 3.40. The molecule has 9 nitrogen and oxygen atoms in total. The Hall–Kier alpha value is -3.52. The van der Waals surface area contributed by atoms with E-state index in [-0.39, 0.29) is 21.6 Å². The van der Waals surface area contributed by atoms with E-state index in [1.54, 1.807) is 18.4 Å². The Morgan fingerprint density at radius 3 is 2.79 bits per heavy atom. The van der Waals surface area contributed by atoms with Gasteiger partial charge in [0.2, 0.25) is 5.91 Å². The lowest BCUT2D eigenvalue weighted by Crippen LogP contribution is -2.22. The van der Waals surface area contributed by atoms with Crippen LogP contribution in [-0.2, 0) is 11.0 Å². The van der Waals surface area contributed by atoms with Crippen LogP contribution < -0.4 is 5.32 Å². The summed E-state index contributed by atoms with van der Waals surface area (Å²) >= 11 is 2.09. The SMILES string of the molecule is CC(Sc1nnc2ccc(C(F)(F)F)cn12)C(=O)Nc1nc(-c2cccc([N+](=O)[O-])c2)cs1. The van der Waals surface area contributed by atoms with E-state index in [4.69, 9.17) is 0 Å². The van der Waals surface area contributed by atoms with Gasteiger partial charge in [-0.3, -0.25) is 19.3 Å². The van der Waals surface area contributed by atoms with Crippen LogP contribution in [0.5, 0.6) is 0 Å². The average molecular weight is 494 g/mol. The molecule has 0 saturated carbocycles. The second-order valence-electron chi connectivity index (χ2n) is 6.72. The zero-order valence-electron chi connectivity index (χ0n) is 16.6. The molecule has 4 aromatic rings. The van der Waals surface area contributed by atoms with Gasteiger partial charge in [0, 0.05) is 29.3 Å². The van der Waals surface area contributed by atoms with E-state index in [9.17, 15) is 28.1 Å². The number of nitro benzene ring substituents is 1. The lowest BCUT2D eigenvalue weighted by atomic mass is 10.1. The minimum Gasteiger partial charge on any atom is -0.301 e. The number of thiazole rings is 1. The Balaban J connectivity index is 1.47. The van der Waals surface area contributed by atoms with Crippen LogP contribution in [-0.4, -0.2) is 35.7 Å². The Labute approximate surface area is 191 Å². The molecular formula is C19H13F3N6O3S2. The molecule has 4 rings (SSSR count). The maximum absolute atomic E-state index is 13.0. The number of alkyl halides is 3. The molecule has 0 spiro atoms. The van der Waals surface area contributed by atoms with E-state index in [1.807, 2.05) is 0 Å². The van der Waals surface area contributed by atoms with Gasteiger partial charge < -0.3 is 5.32 Å². The van der Waals surface area contributed by atoms with Gasteiger partial charge in [-0.25, -0.2) is 4.98 Å². The van der Waals surface area contributed by atoms with Crippen LogP contribution in [0.15, 0.2) is 53.1 Å². The summed E-state index contributed by atoms with van der Waals surface area (Å²) in [7, 11) is 0. The molecule has 0 aliphatic carbocycles. The Kier molecular flexibility index (Phi) is 6.03. The fourth-order valence-electron chi connectivity index (χ4n) is 2.78. The second kappa shape index (κ2) is 8.78. The van der Waals surface area contributed by atoms with Gasteiger partial charge in [0.05, 0.1) is 21.4 Å². The zero-order valence-corrected chi connectivity index (χ0v) is 18.2. The van der Waals surface area contributed by atoms with E-state index in [1.165, 1.54) is 28.7 Å². The van der Waals surface area contributed by atoms with E-state index < -0.39 is 27.8 Å². The summed E-state index contributed by atoms with van der Waals surface area (Å²) in [6.07, 6.45) is -3.64. The van der Waals surface area contributed by atoms with Crippen LogP contribution in [0.25, 0.3) is 16.9 Å². The van der Waals surface area contributed by atoms with Crippen LogP contribution in [0.4, 0.5) is 24.0 Å². The molecule has 1 aromatic carbocycles. The number of carbonyl (C=O) groups excluding carboxylic acids is 1. The van der Waals surface area contributed by atoms with Crippen molar-refractivity contribution in [1.82, 2.24) is 19.6 Å². The molecule has 33 heavy (non-hydrogen) atoms. The van der Waals surface area contributed by atoms with Crippen molar-refractivity contribution in [3.8, 4) is 11.3 Å². The summed E-state index contributed by atoms with van der Waals surface area (Å²) in [4.78, 5) is 27.3. The van der Waals surface area contributed by atoms with Gasteiger partial charge in [-0.05, 0) is 19.1 Å². The summed E-state index contributed by atoms with van der Waals surface area (Å²) in [5, 5.41) is 22.6. The topological polar surface area (TPSA) is 115 Å². The molecule has 0 radical (unpaired) electrons. The molecule has 1 unspecified atom stereocenters. The number of non-ortho nitro benzene ring substituents is 1. The first-order valence-electron chi connectivity index (χ1n) is 9.21. The highest BCUT2D eigenvalue weighted by atomic mass is 32.2. The van der Waals surface area contributed by atoms with Crippen molar-refractivity contribution < 1.29 is 22.9 Å². The number of benzene rings is 1. The lowest BCUT2D eigenvalue weighted by Gasteiger charge is -2.10. The van der Waals surface area contributed by atoms with Crippen molar-refractivity contribution in [3.63, 3.8) is 0 Å². The van der Waals surface area contributed by atoms with E-state index in [0.717, 1.165) is 35.4 Å². The van der Waals surface area contributed by atoms with Crippen molar-refractivity contribution in [2.24, 2.45) is 0 Å². The molecule has 170 valence electrons. The van der Waals surface area contributed by atoms with Crippen molar-refractivity contribution >= 4 is 45.5 Å². The minimum atomic E-state index is -4.52. The van der Waals surface area contributed by atoms with Gasteiger partial charge in [-0.15, -0.1) is 21.5 Å². The van der Waals surface area contributed by atoms with Crippen molar-refractivity contribution in [2.75, 3.05) is 5.32 Å². The molecular weight excluding hydrogens is 481 g/mol. The van der Waals surface area contributed by atoms with E-state index in [2.05, 4.69) is 20.5 Å². The van der Waals surface area contributed by atoms with Gasteiger partial charge in [-0.1, -0.05) is 23.9 Å². The molecule has 0 aliphatic heterocycles. The molecule has 0 aliphatic rings. The monoisotopic (exact) mass is 494 g/mol. The third kappa shape index (κ3) is 4.96. The van der Waals surface area contributed by atoms with Gasteiger partial charge >= 0.3 is 6.18 Å². The van der Waals surface area contributed by atoms with Crippen LogP contribution in [0.1, 0.15) is 12.5 Å². The molecule has 1 amide bonds. The smallest absolute Gasteiger partial charge is 0.301 e. The molecule has 0 saturated heterocycles. The van der Waals surface area contributed by atoms with Crippen LogP contribution in [0.2, 0.25) is 0 Å². The predicted octanol–water partition coefficient (Wildman–Crippen LogP) is 4.90. The third-order valence-electron chi connectivity index (χ3n) is 4.44. The third-order valence-corrected chi connectivity index (χ3v) is 6.25. The summed E-state index contributed by atoms with van der Waals surface area (Å²) in [5.41, 5.74) is 0.274. The second-order valence-corrected chi connectivity index (χ2v) is 8.89. The summed E-state index contributed by atoms with van der Waals surface area (Å²) in [5.74, 6) is -0.441. The Morgan fingerprint density at radius 2 is 2.06 bits per heavy atom. The van der Waals surface area contributed by atoms with Crippen LogP contribution >= 0.6 is 23.1 Å². The number of anilines is 1. The fraction of sp³-hybridized carbons (Fsp3) is 0.158. The van der Waals surface area contributed by atoms with Gasteiger partial charge in [0.1, 0.15) is 0 Å². The normalized spacial score (nSPS) is 12.6. The summed E-state index contributed by atoms with van der Waals surface area (Å²) in [6.45, 7) is 1.57. The number of nitrogens with one attached hydrogen (secondary N) is 1. The number of amides is 1.